The molecule has 2 fully saturated rings. The van der Waals surface area contributed by atoms with Gasteiger partial charge in [0.05, 0.1) is 5.69 Å². The number of benzene rings is 1. The summed E-state index contributed by atoms with van der Waals surface area (Å²) in [5.41, 5.74) is 0.622. The topological polar surface area (TPSA) is 186 Å². The van der Waals surface area contributed by atoms with Crippen LogP contribution >= 0.6 is 0 Å². The van der Waals surface area contributed by atoms with Gasteiger partial charge in [0, 0.05) is 17.8 Å². The number of carbonyl (C=O) groups is 1. The third-order valence-electron chi connectivity index (χ3n) is 5.93. The van der Waals surface area contributed by atoms with Crippen molar-refractivity contribution in [2.45, 2.75) is 73.9 Å². The van der Waals surface area contributed by atoms with E-state index in [0.29, 0.717) is 6.04 Å². The van der Waals surface area contributed by atoms with Crippen molar-refractivity contribution in [3.05, 3.63) is 29.8 Å². The number of aliphatic carboxylic acids is 1. The maximum Gasteiger partial charge on any atom is 0.336 e. The Bertz CT molecular complexity index is 799. The minimum Gasteiger partial charge on any atom is -0.479 e. The highest BCUT2D eigenvalue weighted by molar-refractivity contribution is 5.87. The lowest BCUT2D eigenvalue weighted by Gasteiger charge is -2.51. The van der Waals surface area contributed by atoms with Crippen LogP contribution in [0.15, 0.2) is 29.3 Å². The lowest BCUT2D eigenvalue weighted by molar-refractivity contribution is -0.338. The van der Waals surface area contributed by atoms with Gasteiger partial charge in [-0.15, -0.1) is 0 Å². The van der Waals surface area contributed by atoms with E-state index in [1.807, 2.05) is 0 Å². The molecule has 0 spiro atoms. The zero-order valence-corrected chi connectivity index (χ0v) is 16.3. The largest absolute Gasteiger partial charge is 0.479 e. The molecule has 0 radical (unpaired) electrons. The zero-order valence-electron chi connectivity index (χ0n) is 16.3. The summed E-state index contributed by atoms with van der Waals surface area (Å²) in [6.07, 6.45) is -0.946. The molecule has 8 N–H and O–H groups in total. The van der Waals surface area contributed by atoms with Crippen LogP contribution < -0.4 is 5.73 Å². The van der Waals surface area contributed by atoms with Crippen LogP contribution in [0, 0.1) is 0 Å². The summed E-state index contributed by atoms with van der Waals surface area (Å²) in [4.78, 5) is 15.3. The number of nitrogens with two attached hydrogens (primary N) is 1. The molecule has 1 aromatic carbocycles. The number of aliphatic hydroxyl groups excluding tert-OH is 3. The fourth-order valence-electron chi connectivity index (χ4n) is 4.16. The van der Waals surface area contributed by atoms with Crippen LogP contribution in [0.3, 0.4) is 0 Å². The Morgan fingerprint density at radius 3 is 2.30 bits per heavy atom. The first-order valence-corrected chi connectivity index (χ1v) is 9.90. The Labute approximate surface area is 173 Å². The molecule has 3 aliphatic rings. The molecule has 1 saturated heterocycles. The molecule has 30 heavy (non-hydrogen) atoms. The summed E-state index contributed by atoms with van der Waals surface area (Å²) < 4.78 is 4.71. The number of carboxylic acids is 1. The third-order valence-corrected chi connectivity index (χ3v) is 5.93. The van der Waals surface area contributed by atoms with E-state index in [2.05, 4.69) is 4.99 Å². The summed E-state index contributed by atoms with van der Waals surface area (Å²) in [5.74, 6) is -1.73. The maximum atomic E-state index is 11.4. The van der Waals surface area contributed by atoms with Gasteiger partial charge in [0.2, 0.25) is 0 Å². The van der Waals surface area contributed by atoms with Gasteiger partial charge in [0.1, 0.15) is 12.2 Å². The Hall–Kier alpha value is -1.92. The van der Waals surface area contributed by atoms with E-state index in [-0.39, 0.29) is 11.3 Å². The molecular weight excluding hydrogens is 396 g/mol. The van der Waals surface area contributed by atoms with Gasteiger partial charge in [0.15, 0.2) is 23.6 Å². The molecule has 0 bridgehead atoms. The Balaban J connectivity index is 0.000000310. The second-order valence-corrected chi connectivity index (χ2v) is 7.95. The van der Waals surface area contributed by atoms with Crippen molar-refractivity contribution in [1.29, 1.82) is 0 Å². The second kappa shape index (κ2) is 8.67. The number of fused-ring (bicyclic) bond motifs is 1. The van der Waals surface area contributed by atoms with Gasteiger partial charge in [-0.25, -0.2) is 4.79 Å². The fourth-order valence-corrected chi connectivity index (χ4v) is 4.16. The number of carboxylic acid groups (broad SMARTS) is 1. The smallest absolute Gasteiger partial charge is 0.336 e. The second-order valence-electron chi connectivity index (χ2n) is 7.95. The van der Waals surface area contributed by atoms with Gasteiger partial charge < -0.3 is 41.1 Å². The van der Waals surface area contributed by atoms with Crippen LogP contribution in [0.5, 0.6) is 0 Å². The molecule has 0 amide bonds. The van der Waals surface area contributed by atoms with Gasteiger partial charge in [-0.05, 0) is 18.9 Å². The lowest BCUT2D eigenvalue weighted by atomic mass is 9.69. The van der Waals surface area contributed by atoms with E-state index in [4.69, 9.17) is 10.5 Å². The van der Waals surface area contributed by atoms with E-state index in [0.717, 1.165) is 6.21 Å². The molecular formula is C20H28N2O8. The Morgan fingerprint density at radius 2 is 1.73 bits per heavy atom. The average Bonchev–Trinajstić information content (AvgIpc) is 3.08. The fraction of sp³-hybridized carbons (Fsp3) is 0.600. The number of rotatable bonds is 2. The van der Waals surface area contributed by atoms with Gasteiger partial charge >= 0.3 is 5.97 Å². The molecule has 6 atom stereocenters. The van der Waals surface area contributed by atoms with Crippen molar-refractivity contribution >= 4 is 17.9 Å². The van der Waals surface area contributed by atoms with Crippen LogP contribution in [0.4, 0.5) is 5.69 Å². The number of hydrogen-bond acceptors (Lipinski definition) is 9. The molecule has 2 aliphatic heterocycles. The average molecular weight is 424 g/mol. The van der Waals surface area contributed by atoms with Crippen LogP contribution in [-0.4, -0.2) is 79.1 Å². The molecule has 4 rings (SSSR count). The first-order chi connectivity index (χ1) is 14.1. The van der Waals surface area contributed by atoms with Crippen molar-refractivity contribution in [2.24, 2.45) is 10.7 Å². The zero-order chi connectivity index (χ0) is 22.1. The number of aliphatic hydroxyl groups is 5. The summed E-state index contributed by atoms with van der Waals surface area (Å²) in [5, 5.41) is 60.6. The van der Waals surface area contributed by atoms with Crippen LogP contribution in [0.25, 0.3) is 0 Å². The van der Waals surface area contributed by atoms with Gasteiger partial charge in [-0.1, -0.05) is 37.5 Å². The highest BCUT2D eigenvalue weighted by atomic mass is 16.6. The van der Waals surface area contributed by atoms with Crippen LogP contribution in [-0.2, 0) is 15.1 Å². The minimum absolute atomic E-state index is 0.0417. The van der Waals surface area contributed by atoms with Gasteiger partial charge in [0.25, 0.3) is 0 Å². The quantitative estimate of drug-likeness (QED) is 0.316. The summed E-state index contributed by atoms with van der Waals surface area (Å²) in [6.45, 7) is 0. The third kappa shape index (κ3) is 3.76. The predicted octanol–water partition coefficient (Wildman–Crippen LogP) is -0.877. The number of para-hydroxylation sites is 1. The standard InChI is InChI=1S/C14H15NO8.C6H13N/c16-8-9(17)14(22,10(11(18)19)23-12(8)20)13(21)5-15-7-4-2-1-3-6(7)13;7-6-4-2-1-3-5-6/h1-5,8-10,12,16-17,20-22H,(H,18,19);6H,1-5,7H2/t8-,9-,10-,12-,13?,14+;/m1./s1. The van der Waals surface area contributed by atoms with E-state index in [1.165, 1.54) is 50.3 Å². The van der Waals surface area contributed by atoms with E-state index >= 15 is 0 Å². The summed E-state index contributed by atoms with van der Waals surface area (Å²) >= 11 is 0. The van der Waals surface area contributed by atoms with E-state index < -0.39 is 41.8 Å². The van der Waals surface area contributed by atoms with Crippen molar-refractivity contribution in [1.82, 2.24) is 0 Å². The van der Waals surface area contributed by atoms with E-state index in [1.54, 1.807) is 6.07 Å². The summed E-state index contributed by atoms with van der Waals surface area (Å²) in [6, 6.07) is 6.59. The number of hydrogen-bond donors (Lipinski definition) is 7. The van der Waals surface area contributed by atoms with Crippen molar-refractivity contribution in [3.63, 3.8) is 0 Å². The Kier molecular flexibility index (Phi) is 6.58. The monoisotopic (exact) mass is 424 g/mol. The van der Waals surface area contributed by atoms with Crippen LogP contribution in [0.2, 0.25) is 0 Å². The normalized spacial score (nSPS) is 38.5. The number of nitrogens with zero attached hydrogens (tertiary/aromatic N) is 1. The van der Waals surface area contributed by atoms with Crippen molar-refractivity contribution in [3.8, 4) is 0 Å². The van der Waals surface area contributed by atoms with Crippen molar-refractivity contribution < 1.29 is 40.2 Å². The molecule has 1 unspecified atom stereocenters. The van der Waals surface area contributed by atoms with E-state index in [9.17, 15) is 35.4 Å². The molecule has 10 nitrogen and oxygen atoms in total. The highest BCUT2D eigenvalue weighted by Gasteiger charge is 2.68. The molecule has 1 saturated carbocycles. The van der Waals surface area contributed by atoms with Gasteiger partial charge in [-0.2, -0.15) is 0 Å². The molecule has 2 heterocycles. The highest BCUT2D eigenvalue weighted by Crippen LogP contribution is 2.48. The number of ether oxygens (including phenoxy) is 1. The molecule has 10 heteroatoms. The van der Waals surface area contributed by atoms with Gasteiger partial charge in [-0.3, -0.25) is 4.99 Å². The van der Waals surface area contributed by atoms with Crippen molar-refractivity contribution in [2.75, 3.05) is 0 Å². The first-order valence-electron chi connectivity index (χ1n) is 9.90. The molecule has 166 valence electrons. The Morgan fingerprint density at radius 1 is 1.10 bits per heavy atom. The lowest BCUT2D eigenvalue weighted by Crippen LogP contribution is -2.75. The summed E-state index contributed by atoms with van der Waals surface area (Å²) in [7, 11) is 0. The molecule has 1 aromatic rings. The van der Waals surface area contributed by atoms with Crippen LogP contribution in [0.1, 0.15) is 37.7 Å². The molecule has 0 aromatic heterocycles. The predicted molar refractivity (Wildman–Crippen MR) is 105 cm³/mol. The molecule has 1 aliphatic carbocycles. The SMILES string of the molecule is NC1CCCCC1.O=C(O)[C@H]1O[C@@H](O)[C@H](O)[C@@H](O)[C@@]1(O)C1(O)C=Nc2ccccc21. The number of aliphatic imine (C=N–C) groups is 1. The first kappa shape index (κ1) is 22.8. The minimum atomic E-state index is -2.88. The maximum absolute atomic E-state index is 11.4.